The van der Waals surface area contributed by atoms with Crippen LogP contribution in [0.4, 0.5) is 0 Å². The van der Waals surface area contributed by atoms with Crippen LogP contribution >= 0.6 is 11.3 Å². The fourth-order valence-corrected chi connectivity index (χ4v) is 2.79. The van der Waals surface area contributed by atoms with Crippen LogP contribution in [0.1, 0.15) is 24.2 Å². The van der Waals surface area contributed by atoms with E-state index in [-0.39, 0.29) is 6.04 Å². The van der Waals surface area contributed by atoms with E-state index in [1.807, 2.05) is 29.9 Å². The van der Waals surface area contributed by atoms with Gasteiger partial charge in [0.1, 0.15) is 0 Å². The zero-order valence-corrected chi connectivity index (χ0v) is 11.5. The first-order valence-corrected chi connectivity index (χ1v) is 7.29. The number of thiazole rings is 1. The Morgan fingerprint density at radius 1 is 1.26 bits per heavy atom. The third-order valence-electron chi connectivity index (χ3n) is 3.10. The van der Waals surface area contributed by atoms with Crippen LogP contribution in [0.25, 0.3) is 10.9 Å². The Morgan fingerprint density at radius 3 is 2.95 bits per heavy atom. The number of pyridine rings is 1. The van der Waals surface area contributed by atoms with Crippen LogP contribution in [0.5, 0.6) is 0 Å². The van der Waals surface area contributed by atoms with Gasteiger partial charge in [0.05, 0.1) is 22.8 Å². The van der Waals surface area contributed by atoms with Crippen molar-refractivity contribution in [2.24, 2.45) is 0 Å². The Balaban J connectivity index is 2.05. The lowest BCUT2D eigenvalue weighted by Gasteiger charge is -2.16. The predicted molar refractivity (Wildman–Crippen MR) is 79.4 cm³/mol. The fourth-order valence-electron chi connectivity index (χ4n) is 2.21. The van der Waals surface area contributed by atoms with Crippen molar-refractivity contribution < 1.29 is 0 Å². The first-order valence-electron chi connectivity index (χ1n) is 6.34. The minimum atomic E-state index is 0.119. The van der Waals surface area contributed by atoms with E-state index in [0.29, 0.717) is 0 Å². The van der Waals surface area contributed by atoms with Crippen molar-refractivity contribution in [1.82, 2.24) is 15.3 Å². The Labute approximate surface area is 116 Å². The number of para-hydroxylation sites is 1. The second-order valence-corrected chi connectivity index (χ2v) is 5.08. The van der Waals surface area contributed by atoms with Crippen LogP contribution in [0.15, 0.2) is 47.4 Å². The van der Waals surface area contributed by atoms with Gasteiger partial charge in [-0.25, -0.2) is 4.98 Å². The normalized spacial score (nSPS) is 12.7. The van der Waals surface area contributed by atoms with E-state index in [9.17, 15) is 0 Å². The number of hydrogen-bond acceptors (Lipinski definition) is 4. The highest BCUT2D eigenvalue weighted by atomic mass is 32.1. The quantitative estimate of drug-likeness (QED) is 0.789. The summed E-state index contributed by atoms with van der Waals surface area (Å²) < 4.78 is 0. The number of benzene rings is 1. The Kier molecular flexibility index (Phi) is 3.53. The van der Waals surface area contributed by atoms with Crippen molar-refractivity contribution in [3.8, 4) is 0 Å². The van der Waals surface area contributed by atoms with Crippen LogP contribution in [0.2, 0.25) is 0 Å². The van der Waals surface area contributed by atoms with E-state index < -0.39 is 0 Å². The molecule has 0 fully saturated rings. The van der Waals surface area contributed by atoms with Crippen molar-refractivity contribution in [1.29, 1.82) is 0 Å². The monoisotopic (exact) mass is 269 g/mol. The maximum atomic E-state index is 4.53. The lowest BCUT2D eigenvalue weighted by atomic mass is 10.0. The summed E-state index contributed by atoms with van der Waals surface area (Å²) in [7, 11) is 0. The van der Waals surface area contributed by atoms with Gasteiger partial charge in [-0.1, -0.05) is 25.1 Å². The summed E-state index contributed by atoms with van der Waals surface area (Å²) in [6.45, 7) is 3.00. The van der Waals surface area contributed by atoms with Gasteiger partial charge in [0.25, 0.3) is 0 Å². The zero-order chi connectivity index (χ0) is 13.1. The van der Waals surface area contributed by atoms with E-state index in [1.165, 1.54) is 0 Å². The summed E-state index contributed by atoms with van der Waals surface area (Å²) in [5.41, 5.74) is 5.11. The number of nitrogens with one attached hydrogen (secondary N) is 1. The summed E-state index contributed by atoms with van der Waals surface area (Å²) in [4.78, 5) is 8.95. The largest absolute Gasteiger partial charge is 0.305 e. The molecule has 0 bridgehead atoms. The summed E-state index contributed by atoms with van der Waals surface area (Å²) in [6, 6.07) is 10.5. The minimum Gasteiger partial charge on any atom is -0.305 e. The lowest BCUT2D eigenvalue weighted by Crippen LogP contribution is -2.22. The van der Waals surface area contributed by atoms with Gasteiger partial charge in [-0.3, -0.25) is 4.98 Å². The zero-order valence-electron chi connectivity index (χ0n) is 10.7. The molecule has 3 rings (SSSR count). The first kappa shape index (κ1) is 12.3. The van der Waals surface area contributed by atoms with Gasteiger partial charge in [0, 0.05) is 17.0 Å². The number of rotatable bonds is 4. The molecule has 96 valence electrons. The molecule has 4 heteroatoms. The van der Waals surface area contributed by atoms with Gasteiger partial charge in [-0.15, -0.1) is 11.3 Å². The number of aromatic nitrogens is 2. The molecule has 1 unspecified atom stereocenters. The minimum absolute atomic E-state index is 0.119. The van der Waals surface area contributed by atoms with Crippen LogP contribution in [-0.4, -0.2) is 16.5 Å². The van der Waals surface area contributed by atoms with Crippen LogP contribution in [0, 0.1) is 0 Å². The molecule has 3 nitrogen and oxygen atoms in total. The number of nitrogens with zero attached hydrogens (tertiary/aromatic N) is 2. The Bertz CT molecular complexity index is 664. The molecule has 1 atom stereocenters. The summed E-state index contributed by atoms with van der Waals surface area (Å²) in [6.07, 6.45) is 1.94. The smallest absolute Gasteiger partial charge is 0.0795 e. The molecule has 0 radical (unpaired) electrons. The SMILES string of the molecule is CCNC(c1cnc2ccccc2c1)c1cscn1. The molecule has 2 heterocycles. The van der Waals surface area contributed by atoms with Crippen molar-refractivity contribution in [3.63, 3.8) is 0 Å². The third-order valence-corrected chi connectivity index (χ3v) is 3.71. The van der Waals surface area contributed by atoms with Gasteiger partial charge in [-0.2, -0.15) is 0 Å². The van der Waals surface area contributed by atoms with E-state index in [2.05, 4.69) is 39.7 Å². The molecule has 0 aliphatic heterocycles. The van der Waals surface area contributed by atoms with Crippen LogP contribution < -0.4 is 5.32 Å². The van der Waals surface area contributed by atoms with Gasteiger partial charge >= 0.3 is 0 Å². The predicted octanol–water partition coefficient (Wildman–Crippen LogP) is 3.39. The van der Waals surface area contributed by atoms with Gasteiger partial charge in [0.15, 0.2) is 0 Å². The molecule has 0 amide bonds. The first-order chi connectivity index (χ1) is 9.38. The molecular weight excluding hydrogens is 254 g/mol. The van der Waals surface area contributed by atoms with Crippen molar-refractivity contribution in [2.75, 3.05) is 6.54 Å². The number of hydrogen-bond donors (Lipinski definition) is 1. The van der Waals surface area contributed by atoms with Crippen molar-refractivity contribution in [3.05, 3.63) is 58.7 Å². The summed E-state index contributed by atoms with van der Waals surface area (Å²) in [5.74, 6) is 0. The highest BCUT2D eigenvalue weighted by Crippen LogP contribution is 2.24. The average Bonchev–Trinajstić information content (AvgIpc) is 2.98. The molecule has 0 saturated carbocycles. The van der Waals surface area contributed by atoms with Crippen molar-refractivity contribution in [2.45, 2.75) is 13.0 Å². The summed E-state index contributed by atoms with van der Waals surface area (Å²) in [5, 5.41) is 6.72. The van der Waals surface area contributed by atoms with Gasteiger partial charge < -0.3 is 5.32 Å². The molecule has 0 aliphatic carbocycles. The third kappa shape index (κ3) is 2.50. The van der Waals surface area contributed by atoms with Crippen LogP contribution in [0.3, 0.4) is 0 Å². The molecule has 3 aromatic rings. The molecule has 1 N–H and O–H groups in total. The van der Waals surface area contributed by atoms with E-state index in [1.54, 1.807) is 11.3 Å². The second kappa shape index (κ2) is 5.47. The highest BCUT2D eigenvalue weighted by Gasteiger charge is 2.15. The molecule has 0 spiro atoms. The van der Waals surface area contributed by atoms with Crippen molar-refractivity contribution >= 4 is 22.2 Å². The average molecular weight is 269 g/mol. The Hall–Kier alpha value is -1.78. The van der Waals surface area contributed by atoms with E-state index in [0.717, 1.165) is 28.7 Å². The number of fused-ring (bicyclic) bond motifs is 1. The maximum Gasteiger partial charge on any atom is 0.0795 e. The van der Waals surface area contributed by atoms with Crippen LogP contribution in [-0.2, 0) is 0 Å². The molecule has 19 heavy (non-hydrogen) atoms. The fraction of sp³-hybridized carbons (Fsp3) is 0.200. The van der Waals surface area contributed by atoms with E-state index >= 15 is 0 Å². The topological polar surface area (TPSA) is 37.8 Å². The standard InChI is InChI=1S/C15H15N3S/c1-2-16-15(14-9-19-10-18-14)12-7-11-5-3-4-6-13(11)17-8-12/h3-10,15-16H,2H2,1H3. The maximum absolute atomic E-state index is 4.53. The van der Waals surface area contributed by atoms with Gasteiger partial charge in [0.2, 0.25) is 0 Å². The molecule has 0 aliphatic rings. The molecule has 1 aromatic carbocycles. The lowest BCUT2D eigenvalue weighted by molar-refractivity contribution is 0.617. The highest BCUT2D eigenvalue weighted by molar-refractivity contribution is 7.07. The second-order valence-electron chi connectivity index (χ2n) is 4.37. The molecule has 2 aromatic heterocycles. The van der Waals surface area contributed by atoms with Gasteiger partial charge in [-0.05, 0) is 24.2 Å². The molecular formula is C15H15N3S. The van der Waals surface area contributed by atoms with E-state index in [4.69, 9.17) is 0 Å². The molecule has 0 saturated heterocycles. The summed E-state index contributed by atoms with van der Waals surface area (Å²) >= 11 is 1.62. The Morgan fingerprint density at radius 2 is 2.16 bits per heavy atom.